The van der Waals surface area contributed by atoms with Gasteiger partial charge in [-0.2, -0.15) is 0 Å². The van der Waals surface area contributed by atoms with Crippen molar-refractivity contribution in [2.24, 2.45) is 0 Å². The summed E-state index contributed by atoms with van der Waals surface area (Å²) in [5, 5.41) is 23.5. The number of rotatable bonds is 78. The second-order valence-electron chi connectivity index (χ2n) is 28.5. The zero-order valence-electron chi connectivity index (χ0n) is 61.1. The van der Waals surface area contributed by atoms with Crippen LogP contribution in [0.15, 0.2) is 36.5 Å². The summed E-state index contributed by atoms with van der Waals surface area (Å²) < 4.78 is 5.51. The lowest BCUT2D eigenvalue weighted by molar-refractivity contribution is -0.143. The number of amides is 1. The lowest BCUT2D eigenvalue weighted by Crippen LogP contribution is -2.45. The minimum Gasteiger partial charge on any atom is -0.466 e. The number of aliphatic hydroxyl groups excluding tert-OH is 2. The standard InChI is InChI=1S/C84H161NO5/c1-3-5-7-9-11-13-15-17-19-21-23-24-25-34-37-41-44-48-52-56-60-64-68-72-76-82(87)81(80-86)85-83(88)77-73-69-65-61-57-53-49-45-42-38-35-32-30-28-26-27-29-31-33-36-39-43-47-51-55-59-63-67-71-75-79-90-84(89)78-74-70-66-62-58-54-50-46-40-22-20-18-16-14-12-10-8-6-4-2/h12,14,18,20,27,29,81-82,86-87H,3-11,13,15-17,19,21-26,28,30-80H2,1-2H3,(H,85,88)/b14-12-,20-18-,29-27-. The third kappa shape index (κ3) is 75.1. The first-order valence-electron chi connectivity index (χ1n) is 41.2. The van der Waals surface area contributed by atoms with Crippen LogP contribution >= 0.6 is 0 Å². The summed E-state index contributed by atoms with van der Waals surface area (Å²) in [6.45, 7) is 4.98. The average molecular weight is 1270 g/mol. The lowest BCUT2D eigenvalue weighted by Gasteiger charge is -2.22. The first-order valence-corrected chi connectivity index (χ1v) is 41.2. The molecule has 0 aromatic heterocycles. The van der Waals surface area contributed by atoms with Crippen molar-refractivity contribution in [3.63, 3.8) is 0 Å². The number of allylic oxidation sites excluding steroid dienone is 6. The normalized spacial score (nSPS) is 12.6. The second-order valence-corrected chi connectivity index (χ2v) is 28.5. The van der Waals surface area contributed by atoms with Crippen LogP contribution in [0.3, 0.4) is 0 Å². The minimum atomic E-state index is -0.665. The summed E-state index contributed by atoms with van der Waals surface area (Å²) in [5.41, 5.74) is 0. The Morgan fingerprint density at radius 1 is 0.311 bits per heavy atom. The summed E-state index contributed by atoms with van der Waals surface area (Å²) in [5.74, 6) is -0.0135. The van der Waals surface area contributed by atoms with E-state index < -0.39 is 12.1 Å². The van der Waals surface area contributed by atoms with Gasteiger partial charge in [0.25, 0.3) is 0 Å². The highest BCUT2D eigenvalue weighted by molar-refractivity contribution is 5.76. The Hall–Kier alpha value is -1.92. The molecule has 0 rings (SSSR count). The second kappa shape index (κ2) is 79.5. The highest BCUT2D eigenvalue weighted by Gasteiger charge is 2.20. The Morgan fingerprint density at radius 2 is 0.556 bits per heavy atom. The van der Waals surface area contributed by atoms with Gasteiger partial charge < -0.3 is 20.3 Å². The fraction of sp³-hybridized carbons (Fsp3) is 0.905. The molecule has 0 aromatic carbocycles. The summed E-state index contributed by atoms with van der Waals surface area (Å²) in [7, 11) is 0. The van der Waals surface area contributed by atoms with Crippen molar-refractivity contribution in [1.82, 2.24) is 5.32 Å². The summed E-state index contributed by atoms with van der Waals surface area (Å²) in [6.07, 6.45) is 104. The van der Waals surface area contributed by atoms with Gasteiger partial charge in [-0.3, -0.25) is 9.59 Å². The topological polar surface area (TPSA) is 95.9 Å². The number of hydrogen-bond donors (Lipinski definition) is 3. The first kappa shape index (κ1) is 88.1. The fourth-order valence-corrected chi connectivity index (χ4v) is 13.1. The van der Waals surface area contributed by atoms with Crippen molar-refractivity contribution in [3.8, 4) is 0 Å². The molecule has 0 aliphatic rings. The minimum absolute atomic E-state index is 0.0143. The molecule has 6 heteroatoms. The monoisotopic (exact) mass is 1260 g/mol. The molecule has 0 aromatic rings. The van der Waals surface area contributed by atoms with Gasteiger partial charge in [0.2, 0.25) is 5.91 Å². The zero-order chi connectivity index (χ0) is 64.9. The number of esters is 1. The maximum absolute atomic E-state index is 12.6. The predicted molar refractivity (Wildman–Crippen MR) is 398 cm³/mol. The fourth-order valence-electron chi connectivity index (χ4n) is 13.1. The van der Waals surface area contributed by atoms with Crippen LogP contribution in [0.25, 0.3) is 0 Å². The average Bonchev–Trinajstić information content (AvgIpc) is 3.68. The van der Waals surface area contributed by atoms with Crippen LogP contribution in [0.4, 0.5) is 0 Å². The van der Waals surface area contributed by atoms with E-state index in [1.165, 1.54) is 379 Å². The van der Waals surface area contributed by atoms with E-state index in [9.17, 15) is 19.8 Å². The molecule has 0 fully saturated rings. The molecule has 0 aliphatic carbocycles. The SMILES string of the molecule is CCCCC/C=C\C/C=C\CCCCCCCCCCCC(=O)OCCCCCCCCCCCCCC/C=C\CCCCCCCCCCCCCCCCC(=O)NC(CO)C(O)CCCCCCCCCCCCCCCCCCCCCCCCCC. The van der Waals surface area contributed by atoms with Crippen molar-refractivity contribution in [1.29, 1.82) is 0 Å². The zero-order valence-corrected chi connectivity index (χ0v) is 61.1. The summed E-state index contributed by atoms with van der Waals surface area (Å²) in [6, 6.07) is -0.542. The van der Waals surface area contributed by atoms with Crippen LogP contribution in [-0.2, 0) is 14.3 Å². The number of carbonyl (C=O) groups is 2. The Kier molecular flexibility index (Phi) is 77.8. The van der Waals surface area contributed by atoms with Crippen LogP contribution in [-0.4, -0.2) is 47.4 Å². The Labute approximate surface area is 564 Å². The van der Waals surface area contributed by atoms with Gasteiger partial charge in [0, 0.05) is 12.8 Å². The number of unbranched alkanes of at least 4 members (excludes halogenated alkanes) is 61. The predicted octanol–water partition coefficient (Wildman–Crippen LogP) is 27.4. The number of nitrogens with one attached hydrogen (secondary N) is 1. The van der Waals surface area contributed by atoms with E-state index in [0.29, 0.717) is 25.9 Å². The molecular formula is C84H161NO5. The molecule has 0 aliphatic heterocycles. The Bertz CT molecular complexity index is 1460. The van der Waals surface area contributed by atoms with Gasteiger partial charge in [0.15, 0.2) is 0 Å². The molecule has 0 saturated carbocycles. The molecule has 2 unspecified atom stereocenters. The largest absolute Gasteiger partial charge is 0.466 e. The lowest BCUT2D eigenvalue weighted by atomic mass is 10.0. The maximum Gasteiger partial charge on any atom is 0.305 e. The van der Waals surface area contributed by atoms with E-state index in [-0.39, 0.29) is 18.5 Å². The van der Waals surface area contributed by atoms with Gasteiger partial charge in [-0.15, -0.1) is 0 Å². The quantitative estimate of drug-likeness (QED) is 0.0320. The van der Waals surface area contributed by atoms with Gasteiger partial charge in [-0.25, -0.2) is 0 Å². The van der Waals surface area contributed by atoms with E-state index in [0.717, 1.165) is 51.4 Å². The van der Waals surface area contributed by atoms with Crippen LogP contribution in [0.5, 0.6) is 0 Å². The van der Waals surface area contributed by atoms with Gasteiger partial charge in [-0.1, -0.05) is 403 Å². The highest BCUT2D eigenvalue weighted by Crippen LogP contribution is 2.20. The van der Waals surface area contributed by atoms with Crippen molar-refractivity contribution in [2.75, 3.05) is 13.2 Å². The van der Waals surface area contributed by atoms with Gasteiger partial charge in [0.1, 0.15) is 0 Å². The molecule has 1 amide bonds. The molecule has 532 valence electrons. The Balaban J connectivity index is 3.36. The van der Waals surface area contributed by atoms with Gasteiger partial charge >= 0.3 is 5.97 Å². The number of ether oxygens (including phenoxy) is 1. The molecule has 2 atom stereocenters. The van der Waals surface area contributed by atoms with E-state index in [4.69, 9.17) is 4.74 Å². The van der Waals surface area contributed by atoms with Crippen LogP contribution in [0, 0.1) is 0 Å². The van der Waals surface area contributed by atoms with Crippen molar-refractivity contribution < 1.29 is 24.5 Å². The van der Waals surface area contributed by atoms with Crippen LogP contribution in [0.1, 0.15) is 463 Å². The molecule has 0 bridgehead atoms. The summed E-state index contributed by atoms with van der Waals surface area (Å²) in [4.78, 5) is 24.7. The molecule has 3 N–H and O–H groups in total. The van der Waals surface area contributed by atoms with Crippen molar-refractivity contribution >= 4 is 11.9 Å². The van der Waals surface area contributed by atoms with Gasteiger partial charge in [0.05, 0.1) is 25.4 Å². The van der Waals surface area contributed by atoms with E-state index >= 15 is 0 Å². The van der Waals surface area contributed by atoms with Crippen molar-refractivity contribution in [2.45, 2.75) is 475 Å². The number of aliphatic hydroxyl groups is 2. The van der Waals surface area contributed by atoms with Crippen LogP contribution < -0.4 is 5.32 Å². The molecule has 0 heterocycles. The van der Waals surface area contributed by atoms with E-state index in [1.807, 2.05) is 0 Å². The summed E-state index contributed by atoms with van der Waals surface area (Å²) >= 11 is 0. The number of hydrogen-bond acceptors (Lipinski definition) is 5. The molecule has 6 nitrogen and oxygen atoms in total. The van der Waals surface area contributed by atoms with E-state index in [1.54, 1.807) is 0 Å². The molecule has 90 heavy (non-hydrogen) atoms. The first-order chi connectivity index (χ1) is 44.5. The third-order valence-electron chi connectivity index (χ3n) is 19.4. The van der Waals surface area contributed by atoms with Gasteiger partial charge in [-0.05, 0) is 83.5 Å². The molecule has 0 saturated heterocycles. The Morgan fingerprint density at radius 3 is 0.878 bits per heavy atom. The number of carbonyl (C=O) groups excluding carboxylic acids is 2. The molecule has 0 spiro atoms. The van der Waals surface area contributed by atoms with Crippen molar-refractivity contribution in [3.05, 3.63) is 36.5 Å². The van der Waals surface area contributed by atoms with Crippen LogP contribution in [0.2, 0.25) is 0 Å². The van der Waals surface area contributed by atoms with E-state index in [2.05, 4.69) is 55.6 Å². The smallest absolute Gasteiger partial charge is 0.305 e. The molecule has 0 radical (unpaired) electrons. The molecular weight excluding hydrogens is 1100 g/mol. The highest BCUT2D eigenvalue weighted by atomic mass is 16.5. The maximum atomic E-state index is 12.6. The third-order valence-corrected chi connectivity index (χ3v) is 19.4.